The standard InChI is InChI=1S/2C37H29N5.2C2H4O2.4BrH.3H2O/c2*38-32-20-22-41(36-10-3-1-6-30(32)36)24-26-12-16-28(17-13-26)34-8-5-9-35(40-34)29-18-14-27(15-19-29)25-42-23-21-33(39)31-7-2-4-11-37(31)42;2*1-2(3)4;;;;;;;/h2*1-23,38-39H,24-25H2;2*1H3,(H,3,4);4*1H;3*1H2. The van der Waals surface area contributed by atoms with Gasteiger partial charge in [-0.05, 0) is 48.5 Å². The van der Waals surface area contributed by atoms with Gasteiger partial charge in [0, 0.05) is 107 Å². The maximum Gasteiger partial charge on any atom is 0.300 e. The number of fused-ring (bicyclic) bond motifs is 4. The molecule has 14 rings (SSSR count). The number of carbonyl (C=O) groups is 2. The van der Waals surface area contributed by atoms with Crippen molar-refractivity contribution >= 4 is 78.3 Å². The van der Waals surface area contributed by atoms with Gasteiger partial charge in [-0.15, -0.1) is 0 Å². The van der Waals surface area contributed by atoms with E-state index in [1.807, 2.05) is 72.8 Å². The Kier molecular flexibility index (Phi) is 31.1. The molecule has 14 aromatic rings. The summed E-state index contributed by atoms with van der Waals surface area (Å²) in [4.78, 5) is 28.0. The second-order valence-electron chi connectivity index (χ2n) is 22.3. The van der Waals surface area contributed by atoms with E-state index in [2.05, 4.69) is 225 Å². The van der Waals surface area contributed by atoms with Crippen LogP contribution < -0.4 is 109 Å². The van der Waals surface area contributed by atoms with E-state index in [1.54, 1.807) is 0 Å². The Morgan fingerprint density at radius 2 is 0.475 bits per heavy atom. The first-order chi connectivity index (χ1) is 44.7. The zero-order valence-electron chi connectivity index (χ0n) is 54.1. The predicted molar refractivity (Wildman–Crippen MR) is 378 cm³/mol. The van der Waals surface area contributed by atoms with Crippen molar-refractivity contribution in [3.8, 4) is 45.0 Å². The van der Waals surface area contributed by atoms with Crippen molar-refractivity contribution in [2.24, 2.45) is 0 Å². The summed E-state index contributed by atoms with van der Waals surface area (Å²) in [6.45, 7) is 5.24. The first kappa shape index (κ1) is 81.1. The van der Waals surface area contributed by atoms with Crippen molar-refractivity contribution in [2.45, 2.75) is 40.0 Å². The van der Waals surface area contributed by atoms with Crippen LogP contribution in [0.5, 0.6) is 0 Å². The maximum atomic E-state index is 9.00. The molecular weight excluding hydrogens is 1510 g/mol. The first-order valence-corrected chi connectivity index (χ1v) is 30.1. The van der Waals surface area contributed by atoms with Crippen molar-refractivity contribution in [3.63, 3.8) is 0 Å². The number of hydrogen-bond acceptors (Lipinski definition) is 8. The molecule has 0 unspecified atom stereocenters. The van der Waals surface area contributed by atoms with Crippen LogP contribution in [0.3, 0.4) is 0 Å². The number of carboxylic acids is 2. The molecule has 508 valence electrons. The van der Waals surface area contributed by atoms with Crippen LogP contribution in [0.2, 0.25) is 0 Å². The van der Waals surface area contributed by atoms with Crippen LogP contribution in [0, 0.1) is 0 Å². The van der Waals surface area contributed by atoms with E-state index in [1.165, 1.54) is 22.3 Å². The number of aliphatic carboxylic acids is 2. The molecule has 0 spiro atoms. The molecule has 16 N–H and O–H groups in total. The van der Waals surface area contributed by atoms with Crippen LogP contribution in [0.1, 0.15) is 36.1 Å². The number of para-hydroxylation sites is 4. The number of halogens is 4. The highest BCUT2D eigenvalue weighted by Crippen LogP contribution is 2.28. The average Bonchev–Trinajstić information content (AvgIpc) is 0.838. The van der Waals surface area contributed by atoms with E-state index in [0.29, 0.717) is 0 Å². The number of nitrogens with two attached hydrogens (primary N) is 4. The van der Waals surface area contributed by atoms with Gasteiger partial charge < -0.3 is 118 Å². The highest BCUT2D eigenvalue weighted by molar-refractivity contribution is 5.90. The van der Waals surface area contributed by atoms with E-state index >= 15 is 0 Å². The van der Waals surface area contributed by atoms with Gasteiger partial charge in [-0.1, -0.05) is 158 Å². The number of benzene rings is 8. The minimum absolute atomic E-state index is 0. The Morgan fingerprint density at radius 3 is 0.667 bits per heavy atom. The van der Waals surface area contributed by atoms with Crippen molar-refractivity contribution in [2.75, 3.05) is 22.9 Å². The van der Waals surface area contributed by atoms with Gasteiger partial charge in [-0.2, -0.15) is 18.3 Å². The fraction of sp³-hybridized carbons (Fsp3) is 0.0769. The maximum absolute atomic E-state index is 9.00. The van der Waals surface area contributed by atoms with Gasteiger partial charge >= 0.3 is 0 Å². The third-order valence-electron chi connectivity index (χ3n) is 15.7. The lowest BCUT2D eigenvalue weighted by molar-refractivity contribution is -0.662. The van der Waals surface area contributed by atoms with Crippen molar-refractivity contribution in [1.29, 1.82) is 0 Å². The Balaban J connectivity index is 0.000000356. The summed E-state index contributed by atoms with van der Waals surface area (Å²) in [5.41, 5.74) is 45.6. The summed E-state index contributed by atoms with van der Waals surface area (Å²) in [5, 5.41) is 19.1. The Hall–Kier alpha value is -10.4. The van der Waals surface area contributed by atoms with E-state index in [9.17, 15) is 0 Å². The van der Waals surface area contributed by atoms with E-state index in [-0.39, 0.29) is 84.4 Å². The molecule has 0 aliphatic rings. The molecule has 17 nitrogen and oxygen atoms in total. The zero-order valence-corrected chi connectivity index (χ0v) is 60.4. The molecule has 0 radical (unpaired) electrons. The van der Waals surface area contributed by atoms with E-state index in [4.69, 9.17) is 52.7 Å². The number of carboxylic acid groups (broad SMARTS) is 2. The quantitative estimate of drug-likeness (QED) is 0.0798. The van der Waals surface area contributed by atoms with Gasteiger partial charge in [-0.3, -0.25) is 9.59 Å². The van der Waals surface area contributed by atoms with Gasteiger partial charge in [0.15, 0.2) is 51.0 Å². The number of hydrogen-bond donors (Lipinski definition) is 6. The lowest BCUT2D eigenvalue weighted by Gasteiger charge is -2.08. The Bertz CT molecular complexity index is 4370. The van der Waals surface area contributed by atoms with E-state index < -0.39 is 11.9 Å². The summed E-state index contributed by atoms with van der Waals surface area (Å²) in [6, 6.07) is 87.9. The Morgan fingerprint density at radius 1 is 0.293 bits per heavy atom. The third-order valence-corrected chi connectivity index (χ3v) is 15.7. The molecule has 0 fully saturated rings. The lowest BCUT2D eigenvalue weighted by atomic mass is 10.1. The molecule has 0 saturated heterocycles. The first-order valence-electron chi connectivity index (χ1n) is 30.1. The van der Waals surface area contributed by atoms with Crippen molar-refractivity contribution in [3.05, 3.63) is 302 Å². The number of aromatic nitrogens is 6. The van der Waals surface area contributed by atoms with Gasteiger partial charge in [0.05, 0.1) is 67.1 Å². The van der Waals surface area contributed by atoms with Crippen LogP contribution in [0.15, 0.2) is 280 Å². The molecular formula is C78H76Br4N10O7. The van der Waals surface area contributed by atoms with Gasteiger partial charge in [0.2, 0.25) is 22.1 Å². The summed E-state index contributed by atoms with van der Waals surface area (Å²) in [6.07, 6.45) is 8.22. The summed E-state index contributed by atoms with van der Waals surface area (Å²) >= 11 is 0. The minimum atomic E-state index is -0.833. The fourth-order valence-corrected chi connectivity index (χ4v) is 11.2. The largest absolute Gasteiger partial charge is 1.00 e. The smallest absolute Gasteiger partial charge is 0.300 e. The molecule has 6 aromatic heterocycles. The number of pyridine rings is 6. The fourth-order valence-electron chi connectivity index (χ4n) is 11.2. The van der Waals surface area contributed by atoms with Crippen LogP contribution in [-0.2, 0) is 35.8 Å². The molecule has 0 saturated carbocycles. The molecule has 0 atom stereocenters. The topological polar surface area (TPSA) is 314 Å². The second-order valence-corrected chi connectivity index (χ2v) is 22.3. The highest BCUT2D eigenvalue weighted by atomic mass is 79.9. The third kappa shape index (κ3) is 20.4. The van der Waals surface area contributed by atoms with Crippen LogP contribution in [0.4, 0.5) is 22.7 Å². The highest BCUT2D eigenvalue weighted by Gasteiger charge is 2.17. The number of nitrogen functional groups attached to an aromatic ring is 4. The molecule has 6 heterocycles. The number of rotatable bonds is 12. The van der Waals surface area contributed by atoms with E-state index in [0.717, 1.165) is 151 Å². The lowest BCUT2D eigenvalue weighted by Crippen LogP contribution is -3.00. The summed E-state index contributed by atoms with van der Waals surface area (Å²) in [5.74, 6) is -1.67. The Labute approximate surface area is 616 Å². The van der Waals surface area contributed by atoms with Crippen molar-refractivity contribution in [1.82, 2.24) is 9.97 Å². The van der Waals surface area contributed by atoms with Crippen LogP contribution in [-0.4, -0.2) is 48.5 Å². The zero-order chi connectivity index (χ0) is 64.1. The monoisotopic (exact) mass is 1580 g/mol. The average molecular weight is 1590 g/mol. The molecule has 21 heteroatoms. The predicted octanol–water partition coefficient (Wildman–Crippen LogP) is -1.16. The van der Waals surface area contributed by atoms with Crippen molar-refractivity contribution < 1.29 is 122 Å². The molecule has 0 amide bonds. The molecule has 0 aliphatic carbocycles. The molecule has 8 aromatic carbocycles. The van der Waals surface area contributed by atoms with Crippen LogP contribution in [0.25, 0.3) is 88.6 Å². The summed E-state index contributed by atoms with van der Waals surface area (Å²) < 4.78 is 8.93. The summed E-state index contributed by atoms with van der Waals surface area (Å²) in [7, 11) is 0. The van der Waals surface area contributed by atoms with Gasteiger partial charge in [0.1, 0.15) is 0 Å². The number of nitrogens with zero attached hydrogens (tertiary/aromatic N) is 6. The normalized spacial score (nSPS) is 10.0. The van der Waals surface area contributed by atoms with Gasteiger partial charge in [0.25, 0.3) is 11.9 Å². The van der Waals surface area contributed by atoms with Crippen LogP contribution >= 0.6 is 0 Å². The minimum Gasteiger partial charge on any atom is -1.00 e. The molecule has 0 bridgehead atoms. The number of anilines is 4. The van der Waals surface area contributed by atoms with Gasteiger partial charge in [-0.25, -0.2) is 9.97 Å². The molecule has 99 heavy (non-hydrogen) atoms. The SMILES string of the molecule is CC(=O)O.CC(=O)O.Nc1cc[n+](Cc2ccc(-c3cccc(-c4ccc(C[n+]5ccc(N)c6ccccc65)cc4)n3)cc2)c2ccccc12.Nc1cc[n+](Cc2ccc(-c3cccc(-c4ccc(C[n+]5ccc(N)c6ccccc65)cc4)n3)cc2)c2ccccc12.O.O.O.[Br-].[Br-].[Br-].[Br-]. The second kappa shape index (κ2) is 38.0. The molecule has 0 aliphatic heterocycles.